The minimum absolute atomic E-state index is 0.150. The van der Waals surface area contributed by atoms with Gasteiger partial charge in [0.25, 0.3) is 5.91 Å². The first-order valence-corrected chi connectivity index (χ1v) is 9.49. The zero-order chi connectivity index (χ0) is 18.5. The molecule has 26 heavy (non-hydrogen) atoms. The normalized spacial score (nSPS) is 15.6. The Kier molecular flexibility index (Phi) is 6.08. The molecule has 1 heterocycles. The van der Waals surface area contributed by atoms with E-state index in [0.29, 0.717) is 19.9 Å². The number of hydrogen-bond donors (Lipinski definition) is 1. The van der Waals surface area contributed by atoms with E-state index in [-0.39, 0.29) is 24.8 Å². The highest BCUT2D eigenvalue weighted by atomic mass is 35.5. The molecule has 4 nitrogen and oxygen atoms in total. The third-order valence-corrected chi connectivity index (χ3v) is 5.25. The van der Waals surface area contributed by atoms with Crippen LogP contribution in [0.1, 0.15) is 12.0 Å². The molecule has 0 saturated carbocycles. The number of thiocarbonyl (C=S) groups is 1. The van der Waals surface area contributed by atoms with Crippen molar-refractivity contribution in [3.63, 3.8) is 0 Å². The predicted molar refractivity (Wildman–Crippen MR) is 111 cm³/mol. The maximum absolute atomic E-state index is 12.5. The van der Waals surface area contributed by atoms with Crippen LogP contribution in [0.4, 0.5) is 5.69 Å². The molecule has 0 radical (unpaired) electrons. The summed E-state index contributed by atoms with van der Waals surface area (Å²) >= 11 is 12.4. The van der Waals surface area contributed by atoms with Crippen molar-refractivity contribution in [3.05, 3.63) is 70.1 Å². The quantitative estimate of drug-likeness (QED) is 0.588. The Labute approximate surface area is 166 Å². The molecule has 0 aromatic heterocycles. The lowest BCUT2D eigenvalue weighted by atomic mass is 10.2. The molecule has 3 rings (SSSR count). The minimum atomic E-state index is -0.201. The molecule has 7 heteroatoms. The van der Waals surface area contributed by atoms with Crippen LogP contribution in [0.15, 0.2) is 59.5 Å². The average molecular weight is 403 g/mol. The van der Waals surface area contributed by atoms with Gasteiger partial charge < -0.3 is 5.32 Å². The molecule has 0 atom stereocenters. The number of halogens is 1. The first-order valence-electron chi connectivity index (χ1n) is 7.89. The Morgan fingerprint density at radius 1 is 1.19 bits per heavy atom. The maximum Gasteiger partial charge on any atom is 0.266 e. The van der Waals surface area contributed by atoms with E-state index < -0.39 is 0 Å². The van der Waals surface area contributed by atoms with Crippen LogP contribution in [0.3, 0.4) is 0 Å². The van der Waals surface area contributed by atoms with Crippen LogP contribution in [0.5, 0.6) is 0 Å². The van der Waals surface area contributed by atoms with Crippen LogP contribution in [-0.4, -0.2) is 27.6 Å². The standard InChI is InChI=1S/C19H15ClN2O2S2/c20-14-7-4-8-15(12-14)21-17(23)9-10-22-18(24)16(26-19(22)25)11-13-5-2-1-3-6-13/h1-8,11-12H,9-10H2,(H,21,23). The zero-order valence-electron chi connectivity index (χ0n) is 13.6. The van der Waals surface area contributed by atoms with Gasteiger partial charge in [-0.2, -0.15) is 0 Å². The summed E-state index contributed by atoms with van der Waals surface area (Å²) in [5, 5.41) is 3.31. The van der Waals surface area contributed by atoms with Crippen molar-refractivity contribution < 1.29 is 9.59 Å². The summed E-state index contributed by atoms with van der Waals surface area (Å²) in [5.74, 6) is -0.368. The van der Waals surface area contributed by atoms with Crippen molar-refractivity contribution in [2.45, 2.75) is 6.42 Å². The molecule has 1 saturated heterocycles. The van der Waals surface area contributed by atoms with E-state index in [4.69, 9.17) is 23.8 Å². The molecule has 1 aliphatic rings. The molecular formula is C19H15ClN2O2S2. The first kappa shape index (κ1) is 18.6. The van der Waals surface area contributed by atoms with Gasteiger partial charge in [-0.05, 0) is 29.8 Å². The smallest absolute Gasteiger partial charge is 0.266 e. The molecule has 0 aliphatic carbocycles. The van der Waals surface area contributed by atoms with Gasteiger partial charge in [-0.3, -0.25) is 14.5 Å². The minimum Gasteiger partial charge on any atom is -0.326 e. The summed E-state index contributed by atoms with van der Waals surface area (Å²) in [5.41, 5.74) is 1.56. The molecule has 1 fully saturated rings. The van der Waals surface area contributed by atoms with E-state index in [2.05, 4.69) is 5.32 Å². The molecule has 2 amide bonds. The lowest BCUT2D eigenvalue weighted by Gasteiger charge is -2.14. The van der Waals surface area contributed by atoms with Gasteiger partial charge in [-0.15, -0.1) is 0 Å². The van der Waals surface area contributed by atoms with Crippen molar-refractivity contribution in [2.24, 2.45) is 0 Å². The fourth-order valence-electron chi connectivity index (χ4n) is 2.40. The number of carbonyl (C=O) groups excluding carboxylic acids is 2. The number of rotatable bonds is 5. The van der Waals surface area contributed by atoms with Gasteiger partial charge in [-0.1, -0.05) is 72.0 Å². The molecule has 2 aromatic rings. The SMILES string of the molecule is O=C(CCN1C(=O)C(=Cc2ccccc2)SC1=S)Nc1cccc(Cl)c1. The first-order chi connectivity index (χ1) is 12.5. The Hall–Kier alpha value is -2.15. The van der Waals surface area contributed by atoms with Crippen molar-refractivity contribution in [2.75, 3.05) is 11.9 Å². The number of hydrogen-bond acceptors (Lipinski definition) is 4. The summed E-state index contributed by atoms with van der Waals surface area (Å²) < 4.78 is 0.465. The predicted octanol–water partition coefficient (Wildman–Crippen LogP) is 4.57. The van der Waals surface area contributed by atoms with E-state index in [1.54, 1.807) is 24.3 Å². The van der Waals surface area contributed by atoms with Gasteiger partial charge in [-0.25, -0.2) is 0 Å². The number of carbonyl (C=O) groups is 2. The number of nitrogens with one attached hydrogen (secondary N) is 1. The Morgan fingerprint density at radius 3 is 2.69 bits per heavy atom. The third kappa shape index (κ3) is 4.72. The van der Waals surface area contributed by atoms with Gasteiger partial charge in [0.05, 0.1) is 4.91 Å². The van der Waals surface area contributed by atoms with Gasteiger partial charge in [0, 0.05) is 23.7 Å². The van der Waals surface area contributed by atoms with Crippen molar-refractivity contribution >= 4 is 63.5 Å². The van der Waals surface area contributed by atoms with Crippen LogP contribution < -0.4 is 5.32 Å². The topological polar surface area (TPSA) is 49.4 Å². The number of thioether (sulfide) groups is 1. The van der Waals surface area contributed by atoms with Gasteiger partial charge >= 0.3 is 0 Å². The van der Waals surface area contributed by atoms with E-state index in [0.717, 1.165) is 5.56 Å². The van der Waals surface area contributed by atoms with Gasteiger partial charge in [0.2, 0.25) is 5.91 Å². The largest absolute Gasteiger partial charge is 0.326 e. The van der Waals surface area contributed by atoms with E-state index in [9.17, 15) is 9.59 Å². The van der Waals surface area contributed by atoms with E-state index in [1.807, 2.05) is 36.4 Å². The molecule has 0 bridgehead atoms. The second-order valence-corrected chi connectivity index (χ2v) is 7.66. The molecule has 1 aliphatic heterocycles. The number of anilines is 1. The van der Waals surface area contributed by atoms with Crippen LogP contribution in [-0.2, 0) is 9.59 Å². The summed E-state index contributed by atoms with van der Waals surface area (Å²) in [6.07, 6.45) is 1.96. The molecular weight excluding hydrogens is 388 g/mol. The van der Waals surface area contributed by atoms with Crippen LogP contribution in [0.25, 0.3) is 6.08 Å². The average Bonchev–Trinajstić information content (AvgIpc) is 2.87. The van der Waals surface area contributed by atoms with Crippen LogP contribution >= 0.6 is 35.6 Å². The maximum atomic E-state index is 12.5. The molecule has 132 valence electrons. The Bertz CT molecular complexity index is 884. The van der Waals surface area contributed by atoms with Crippen molar-refractivity contribution in [1.29, 1.82) is 0 Å². The van der Waals surface area contributed by atoms with Crippen LogP contribution in [0.2, 0.25) is 5.02 Å². The Balaban J connectivity index is 1.59. The number of amides is 2. The van der Waals surface area contributed by atoms with Crippen molar-refractivity contribution in [3.8, 4) is 0 Å². The summed E-state index contributed by atoms with van der Waals surface area (Å²) in [4.78, 5) is 26.7. The van der Waals surface area contributed by atoms with Crippen LogP contribution in [0, 0.1) is 0 Å². The zero-order valence-corrected chi connectivity index (χ0v) is 16.0. The molecule has 0 spiro atoms. The highest BCUT2D eigenvalue weighted by Gasteiger charge is 2.32. The molecule has 1 N–H and O–H groups in total. The van der Waals surface area contributed by atoms with Crippen molar-refractivity contribution in [1.82, 2.24) is 4.90 Å². The number of benzene rings is 2. The lowest BCUT2D eigenvalue weighted by Crippen LogP contribution is -2.31. The number of nitrogens with zero attached hydrogens (tertiary/aromatic N) is 1. The molecule has 2 aromatic carbocycles. The monoisotopic (exact) mass is 402 g/mol. The fraction of sp³-hybridized carbons (Fsp3) is 0.105. The van der Waals surface area contributed by atoms with E-state index >= 15 is 0 Å². The van der Waals surface area contributed by atoms with Gasteiger partial charge in [0.15, 0.2) is 0 Å². The Morgan fingerprint density at radius 2 is 1.96 bits per heavy atom. The lowest BCUT2D eigenvalue weighted by molar-refractivity contribution is -0.122. The summed E-state index contributed by atoms with van der Waals surface area (Å²) in [6.45, 7) is 0.239. The summed E-state index contributed by atoms with van der Waals surface area (Å²) in [6, 6.07) is 16.5. The fourth-order valence-corrected chi connectivity index (χ4v) is 3.90. The van der Waals surface area contributed by atoms with Gasteiger partial charge in [0.1, 0.15) is 4.32 Å². The molecule has 0 unspecified atom stereocenters. The second kappa shape index (κ2) is 8.49. The highest BCUT2D eigenvalue weighted by Crippen LogP contribution is 2.32. The van der Waals surface area contributed by atoms with E-state index in [1.165, 1.54) is 16.7 Å². The highest BCUT2D eigenvalue weighted by molar-refractivity contribution is 8.26. The summed E-state index contributed by atoms with van der Waals surface area (Å²) in [7, 11) is 0. The second-order valence-electron chi connectivity index (χ2n) is 5.55. The third-order valence-electron chi connectivity index (χ3n) is 3.64.